The van der Waals surface area contributed by atoms with E-state index in [-0.39, 0.29) is 16.7 Å². The van der Waals surface area contributed by atoms with Gasteiger partial charge in [0.15, 0.2) is 0 Å². The summed E-state index contributed by atoms with van der Waals surface area (Å²) in [4.78, 5) is 22.0. The van der Waals surface area contributed by atoms with Gasteiger partial charge in [0, 0.05) is 41.4 Å². The molecule has 0 atom stereocenters. The third-order valence-electron chi connectivity index (χ3n) is 4.29. The van der Waals surface area contributed by atoms with E-state index in [1.54, 1.807) is 6.07 Å². The van der Waals surface area contributed by atoms with Gasteiger partial charge >= 0.3 is 0 Å². The summed E-state index contributed by atoms with van der Waals surface area (Å²) in [6.07, 6.45) is 1.80. The monoisotopic (exact) mass is 405 g/mol. The number of benzene rings is 1. The zero-order chi connectivity index (χ0) is 18.0. The number of hydrogen-bond acceptors (Lipinski definition) is 6. The first-order chi connectivity index (χ1) is 11.9. The Hall–Kier alpha value is -2.22. The molecule has 7 nitrogen and oxygen atoms in total. The number of rotatable bonds is 4. The molecule has 1 aliphatic rings. The van der Waals surface area contributed by atoms with Crippen molar-refractivity contribution in [2.45, 2.75) is 32.7 Å². The van der Waals surface area contributed by atoms with Gasteiger partial charge in [0.05, 0.1) is 4.92 Å². The van der Waals surface area contributed by atoms with Crippen LogP contribution in [0.5, 0.6) is 0 Å². The van der Waals surface area contributed by atoms with Gasteiger partial charge in [-0.1, -0.05) is 15.9 Å². The first kappa shape index (κ1) is 17.6. The quantitative estimate of drug-likeness (QED) is 0.614. The Morgan fingerprint density at radius 2 is 1.96 bits per heavy atom. The summed E-state index contributed by atoms with van der Waals surface area (Å²) < 4.78 is 0.703. The molecular weight excluding hydrogens is 386 g/mol. The molecule has 0 bridgehead atoms. The third kappa shape index (κ3) is 4.25. The van der Waals surface area contributed by atoms with Crippen molar-refractivity contribution in [3.05, 3.63) is 50.4 Å². The number of piperidine rings is 1. The second kappa shape index (κ2) is 7.35. The van der Waals surface area contributed by atoms with Crippen LogP contribution in [0.2, 0.25) is 0 Å². The molecule has 2 heterocycles. The minimum Gasteiger partial charge on any atom is -0.377 e. The van der Waals surface area contributed by atoms with Crippen molar-refractivity contribution in [1.29, 1.82) is 0 Å². The van der Waals surface area contributed by atoms with E-state index in [1.807, 2.05) is 26.0 Å². The first-order valence-electron chi connectivity index (χ1n) is 8.20. The molecule has 0 saturated carbocycles. The predicted molar refractivity (Wildman–Crippen MR) is 101 cm³/mol. The summed E-state index contributed by atoms with van der Waals surface area (Å²) in [5, 5.41) is 14.6. The SMILES string of the molecule is Cc1cc(N2CCC(Nc3ccc(Br)cc3[N+](=O)[O-])CC2)nc(C)n1. The lowest BCUT2D eigenvalue weighted by atomic mass is 10.0. The van der Waals surface area contributed by atoms with E-state index >= 15 is 0 Å². The lowest BCUT2D eigenvalue weighted by Gasteiger charge is -2.33. The maximum absolute atomic E-state index is 11.2. The van der Waals surface area contributed by atoms with E-state index in [2.05, 4.69) is 36.1 Å². The van der Waals surface area contributed by atoms with Gasteiger partial charge in [-0.25, -0.2) is 9.97 Å². The van der Waals surface area contributed by atoms with Gasteiger partial charge in [-0.3, -0.25) is 10.1 Å². The zero-order valence-electron chi connectivity index (χ0n) is 14.2. The van der Waals surface area contributed by atoms with Crippen molar-refractivity contribution >= 4 is 33.1 Å². The number of nitro benzene ring substituents is 1. The average Bonchev–Trinajstić information content (AvgIpc) is 2.56. The summed E-state index contributed by atoms with van der Waals surface area (Å²) in [6, 6.07) is 7.31. The number of aryl methyl sites for hydroxylation is 2. The maximum Gasteiger partial charge on any atom is 0.293 e. The van der Waals surface area contributed by atoms with Crippen LogP contribution in [0.15, 0.2) is 28.7 Å². The smallest absolute Gasteiger partial charge is 0.293 e. The Morgan fingerprint density at radius 1 is 1.24 bits per heavy atom. The van der Waals surface area contributed by atoms with E-state index in [1.165, 1.54) is 6.07 Å². The minimum atomic E-state index is -0.353. The molecule has 1 aromatic heterocycles. The molecule has 132 valence electrons. The number of hydrogen-bond donors (Lipinski definition) is 1. The molecular formula is C17H20BrN5O2. The molecule has 1 N–H and O–H groups in total. The highest BCUT2D eigenvalue weighted by Crippen LogP contribution is 2.30. The van der Waals surface area contributed by atoms with Crippen LogP contribution in [0.1, 0.15) is 24.4 Å². The largest absolute Gasteiger partial charge is 0.377 e. The van der Waals surface area contributed by atoms with Crippen LogP contribution in [0, 0.1) is 24.0 Å². The van der Waals surface area contributed by atoms with Gasteiger partial charge in [-0.15, -0.1) is 0 Å². The van der Waals surface area contributed by atoms with E-state index < -0.39 is 0 Å². The van der Waals surface area contributed by atoms with Gasteiger partial charge < -0.3 is 10.2 Å². The Morgan fingerprint density at radius 3 is 2.60 bits per heavy atom. The number of nitrogens with zero attached hydrogens (tertiary/aromatic N) is 4. The second-order valence-electron chi connectivity index (χ2n) is 6.24. The second-order valence-corrected chi connectivity index (χ2v) is 7.15. The van der Waals surface area contributed by atoms with Crippen molar-refractivity contribution in [2.75, 3.05) is 23.3 Å². The Labute approximate surface area is 154 Å². The standard InChI is InChI=1S/C17H20BrN5O2/c1-11-9-17(20-12(2)19-11)22-7-5-14(6-8-22)21-15-4-3-13(18)10-16(15)23(24)25/h3-4,9-10,14,21H,5-8H2,1-2H3. The van der Waals surface area contributed by atoms with E-state index in [0.29, 0.717) is 10.2 Å². The van der Waals surface area contributed by atoms with Crippen LogP contribution in [0.25, 0.3) is 0 Å². The number of halogens is 1. The van der Waals surface area contributed by atoms with Crippen molar-refractivity contribution in [3.8, 4) is 0 Å². The van der Waals surface area contributed by atoms with Crippen LogP contribution in [-0.4, -0.2) is 34.0 Å². The van der Waals surface area contributed by atoms with Crippen molar-refractivity contribution in [1.82, 2.24) is 9.97 Å². The number of nitrogens with one attached hydrogen (secondary N) is 1. The number of anilines is 2. The van der Waals surface area contributed by atoms with Gasteiger partial charge in [-0.05, 0) is 38.8 Å². The topological polar surface area (TPSA) is 84.2 Å². The van der Waals surface area contributed by atoms with Gasteiger partial charge in [-0.2, -0.15) is 0 Å². The summed E-state index contributed by atoms with van der Waals surface area (Å²) in [5.41, 5.74) is 1.63. The molecule has 1 aliphatic heterocycles. The van der Waals surface area contributed by atoms with Gasteiger partial charge in [0.2, 0.25) is 0 Å². The van der Waals surface area contributed by atoms with E-state index in [9.17, 15) is 10.1 Å². The predicted octanol–water partition coefficient (Wildman–Crippen LogP) is 3.85. The molecule has 0 radical (unpaired) electrons. The van der Waals surface area contributed by atoms with Gasteiger partial charge in [0.1, 0.15) is 17.3 Å². The van der Waals surface area contributed by atoms with Crippen LogP contribution in [0.3, 0.4) is 0 Å². The van der Waals surface area contributed by atoms with Gasteiger partial charge in [0.25, 0.3) is 5.69 Å². The molecule has 2 aromatic rings. The normalized spacial score (nSPS) is 15.2. The Balaban J connectivity index is 1.66. The van der Waals surface area contributed by atoms with Crippen molar-refractivity contribution < 1.29 is 4.92 Å². The molecule has 8 heteroatoms. The fourth-order valence-electron chi connectivity index (χ4n) is 3.11. The maximum atomic E-state index is 11.2. The number of aromatic nitrogens is 2. The molecule has 1 fully saturated rings. The Kier molecular flexibility index (Phi) is 5.17. The summed E-state index contributed by atoms with van der Waals surface area (Å²) in [6.45, 7) is 5.59. The molecule has 0 aliphatic carbocycles. The Bertz CT molecular complexity index is 770. The third-order valence-corrected chi connectivity index (χ3v) is 4.78. The molecule has 1 aromatic carbocycles. The lowest BCUT2D eigenvalue weighted by Crippen LogP contribution is -2.39. The van der Waals surface area contributed by atoms with Crippen molar-refractivity contribution in [2.24, 2.45) is 0 Å². The fourth-order valence-corrected chi connectivity index (χ4v) is 3.46. The van der Waals surface area contributed by atoms with Crippen molar-refractivity contribution in [3.63, 3.8) is 0 Å². The average molecular weight is 406 g/mol. The molecule has 0 spiro atoms. The summed E-state index contributed by atoms with van der Waals surface area (Å²) in [5.74, 6) is 1.74. The van der Waals surface area contributed by atoms with E-state index in [0.717, 1.165) is 43.3 Å². The highest BCUT2D eigenvalue weighted by atomic mass is 79.9. The highest BCUT2D eigenvalue weighted by Gasteiger charge is 2.23. The molecule has 25 heavy (non-hydrogen) atoms. The molecule has 1 saturated heterocycles. The zero-order valence-corrected chi connectivity index (χ0v) is 15.8. The fraction of sp³-hybridized carbons (Fsp3) is 0.412. The van der Waals surface area contributed by atoms with Crippen LogP contribution in [-0.2, 0) is 0 Å². The first-order valence-corrected chi connectivity index (χ1v) is 8.99. The molecule has 0 amide bonds. The van der Waals surface area contributed by atoms with E-state index in [4.69, 9.17) is 0 Å². The molecule has 0 unspecified atom stereocenters. The minimum absolute atomic E-state index is 0.0962. The number of nitro groups is 1. The lowest BCUT2D eigenvalue weighted by molar-refractivity contribution is -0.384. The van der Waals surface area contributed by atoms with Crippen LogP contribution < -0.4 is 10.2 Å². The summed E-state index contributed by atoms with van der Waals surface area (Å²) in [7, 11) is 0. The molecule has 3 rings (SSSR count). The van der Waals surface area contributed by atoms with Crippen LogP contribution in [0.4, 0.5) is 17.2 Å². The highest BCUT2D eigenvalue weighted by molar-refractivity contribution is 9.10. The van der Waals surface area contributed by atoms with Crippen LogP contribution >= 0.6 is 15.9 Å². The summed E-state index contributed by atoms with van der Waals surface area (Å²) >= 11 is 3.28.